The van der Waals surface area contributed by atoms with Crippen molar-refractivity contribution in [2.75, 3.05) is 6.61 Å². The van der Waals surface area contributed by atoms with E-state index in [4.69, 9.17) is 53.6 Å². The van der Waals surface area contributed by atoms with Crippen LogP contribution in [0.5, 0.6) is 0 Å². The zero-order valence-corrected chi connectivity index (χ0v) is 74.2. The van der Waals surface area contributed by atoms with Crippen LogP contribution in [0.15, 0.2) is 255 Å². The Balaban J connectivity index is 0.000000173. The van der Waals surface area contributed by atoms with Gasteiger partial charge in [-0.2, -0.15) is 10.2 Å². The Labute approximate surface area is 738 Å². The molecule has 21 heteroatoms. The fourth-order valence-corrected chi connectivity index (χ4v) is 16.1. The van der Waals surface area contributed by atoms with Gasteiger partial charge < -0.3 is 63.1 Å². The van der Waals surface area contributed by atoms with Crippen molar-refractivity contribution in [2.45, 2.75) is 259 Å². The molecule has 0 saturated carbocycles. The van der Waals surface area contributed by atoms with Gasteiger partial charge in [0.25, 0.3) is 0 Å². The number of hydrogen-bond donors (Lipinski definition) is 6. The number of carbonyl (C=O) groups excluding carboxylic acids is 2. The van der Waals surface area contributed by atoms with Gasteiger partial charge >= 0.3 is 0 Å². The Kier molecular flexibility index (Phi) is 37.3. The number of aromatic nitrogens is 4. The number of aliphatic hydroxyl groups excluding tert-OH is 4. The van der Waals surface area contributed by atoms with Crippen molar-refractivity contribution in [3.05, 3.63) is 355 Å². The minimum atomic E-state index is -1.42. The first-order chi connectivity index (χ1) is 60.7. The third-order valence-corrected chi connectivity index (χ3v) is 23.7. The highest BCUT2D eigenvalue weighted by Gasteiger charge is 2.51. The van der Waals surface area contributed by atoms with E-state index in [0.29, 0.717) is 52.5 Å². The number of benzene rings is 9. The first kappa shape index (κ1) is 95.8. The topological polar surface area (TPSA) is 272 Å². The number of rotatable bonds is 35. The van der Waals surface area contributed by atoms with E-state index in [2.05, 4.69) is 168 Å². The maximum absolute atomic E-state index is 11.3. The molecule has 3 saturated heterocycles. The predicted octanol–water partition coefficient (Wildman–Crippen LogP) is 16.3. The Morgan fingerprint density at radius 1 is 0.368 bits per heavy atom. The van der Waals surface area contributed by atoms with Gasteiger partial charge in [0, 0.05) is 35.4 Å². The molecule has 0 bridgehead atoms. The molecule has 3 aliphatic rings. The molecule has 14 rings (SSSR count). The summed E-state index contributed by atoms with van der Waals surface area (Å²) in [5.41, 5.74) is 22.6. The van der Waals surface area contributed by atoms with Crippen molar-refractivity contribution in [1.82, 2.24) is 25.0 Å². The van der Waals surface area contributed by atoms with E-state index in [1.54, 1.807) is 0 Å². The number of aryl methyl sites for hydroxylation is 5. The minimum absolute atomic E-state index is 0.0490. The quantitative estimate of drug-likeness (QED) is 0.0122. The van der Waals surface area contributed by atoms with E-state index in [1.807, 2.05) is 164 Å². The smallest absolute Gasteiger partial charge is 0.179 e. The molecule has 3 aliphatic heterocycles. The van der Waals surface area contributed by atoms with Crippen LogP contribution in [0.3, 0.4) is 0 Å². The Bertz CT molecular complexity index is 4900. The van der Waals surface area contributed by atoms with E-state index in [-0.39, 0.29) is 42.1 Å². The van der Waals surface area contributed by atoms with E-state index in [1.165, 1.54) is 46.3 Å². The molecule has 21 nitrogen and oxygen atoms in total. The zero-order valence-electron chi connectivity index (χ0n) is 74.2. The van der Waals surface area contributed by atoms with Crippen LogP contribution in [0.2, 0.25) is 0 Å². The molecule has 15 atom stereocenters. The van der Waals surface area contributed by atoms with Gasteiger partial charge in [-0.1, -0.05) is 289 Å². The van der Waals surface area contributed by atoms with Crippen molar-refractivity contribution in [2.24, 2.45) is 11.8 Å². The summed E-state index contributed by atoms with van der Waals surface area (Å²) in [6.45, 7) is 23.8. The lowest BCUT2D eigenvalue weighted by Gasteiger charge is -2.46. The molecule has 3 fully saturated rings. The lowest BCUT2D eigenvalue weighted by atomic mass is 9.92. The van der Waals surface area contributed by atoms with E-state index >= 15 is 0 Å². The summed E-state index contributed by atoms with van der Waals surface area (Å²) in [6, 6.07) is 86.5. The van der Waals surface area contributed by atoms with Crippen LogP contribution < -0.4 is 11.3 Å². The highest BCUT2D eigenvalue weighted by Crippen LogP contribution is 2.40. The van der Waals surface area contributed by atoms with Gasteiger partial charge in [-0.3, -0.25) is 15.4 Å². The largest absolute Gasteiger partial charge is 0.394 e. The molecule has 0 spiro atoms. The molecule has 0 aliphatic carbocycles. The monoisotopic (exact) mass is 1700 g/mol. The molecule has 11 aromatic rings. The van der Waals surface area contributed by atoms with Crippen LogP contribution in [-0.2, 0) is 130 Å². The third kappa shape index (κ3) is 26.6. The molecule has 5 heterocycles. The number of ether oxygens (including phenoxy) is 9. The first-order valence-electron chi connectivity index (χ1n) is 44.1. The molecule has 0 amide bonds. The number of hydrazine groups is 1. The van der Waals surface area contributed by atoms with Gasteiger partial charge in [0.05, 0.1) is 75.8 Å². The molecule has 125 heavy (non-hydrogen) atoms. The molecular weight excluding hydrogens is 1570 g/mol. The van der Waals surface area contributed by atoms with Crippen LogP contribution in [0.4, 0.5) is 0 Å². The second kappa shape index (κ2) is 48.7. The van der Waals surface area contributed by atoms with Gasteiger partial charge in [0.15, 0.2) is 12.5 Å². The normalized spacial score (nSPS) is 22.3. The molecule has 9 aromatic carbocycles. The number of aliphatic hydroxyl groups is 4. The summed E-state index contributed by atoms with van der Waals surface area (Å²) >= 11 is 0. The number of nitrogens with two attached hydrogens (primary N) is 1. The average Bonchev–Trinajstić information content (AvgIpc) is 1.63. The van der Waals surface area contributed by atoms with Crippen LogP contribution in [0.1, 0.15) is 174 Å². The molecule has 3 unspecified atom stereocenters. The predicted molar refractivity (Wildman–Crippen MR) is 485 cm³/mol. The highest BCUT2D eigenvalue weighted by atomic mass is 16.6. The summed E-state index contributed by atoms with van der Waals surface area (Å²) in [5.74, 6) is 5.33. The fraction of sp³-hybridized carbons (Fsp3) is 0.404. The van der Waals surface area contributed by atoms with E-state index in [0.717, 1.165) is 111 Å². The fourth-order valence-electron chi connectivity index (χ4n) is 16.1. The van der Waals surface area contributed by atoms with E-state index in [9.17, 15) is 30.0 Å². The lowest BCUT2D eigenvalue weighted by Crippen LogP contribution is -2.64. The van der Waals surface area contributed by atoms with Gasteiger partial charge in [-0.05, 0) is 147 Å². The molecule has 7 N–H and O–H groups in total. The summed E-state index contributed by atoms with van der Waals surface area (Å²) in [7, 11) is 0. The van der Waals surface area contributed by atoms with Crippen LogP contribution >= 0.6 is 0 Å². The number of nitrogens with zero attached hydrogens (tertiary/aromatic N) is 4. The average molecular weight is 1700 g/mol. The van der Waals surface area contributed by atoms with Crippen molar-refractivity contribution < 1.29 is 72.6 Å². The molecule has 2 aromatic heterocycles. The number of nitrogens with one attached hydrogen (secondary N) is 1. The SMILES string of the molecule is CC[C@H]1OC(NN)[C@H](OCc2ccccc2)[C@@H](OCc2ccccc2)[C@@H]1OCc1ccccc1.CCc1ccc(CC(C(C)=O)C(C)=O)cc1.CCc1ccc(Cc2c(C)nn(C3O[C@H](CC)[C@@H](OCc4ccccc4)[C@H](OCc4ccccc4)[C@H]3OCc3ccccc3)c2C)cc1.CCc1ccc(Cc2c(C)nn(C3O[C@H](CO)[C@@H](O)[C@H](O)[C@H]3O)c2C)cc1. The lowest BCUT2D eigenvalue weighted by molar-refractivity contribution is -0.286. The number of Topliss-reactive ketones (excluding diaryl/α,β-unsaturated/α-hetero) is 2. The summed E-state index contributed by atoms with van der Waals surface area (Å²) in [6.07, 6.45) is -3.42. The van der Waals surface area contributed by atoms with Gasteiger partial charge in [0.1, 0.15) is 78.8 Å². The van der Waals surface area contributed by atoms with E-state index < -0.39 is 73.9 Å². The zero-order chi connectivity index (χ0) is 88.7. The van der Waals surface area contributed by atoms with Crippen molar-refractivity contribution in [1.29, 1.82) is 0 Å². The van der Waals surface area contributed by atoms with Crippen LogP contribution in [0.25, 0.3) is 0 Å². The van der Waals surface area contributed by atoms with Gasteiger partial charge in [-0.15, -0.1) is 0 Å². The Morgan fingerprint density at radius 3 is 0.992 bits per heavy atom. The summed E-state index contributed by atoms with van der Waals surface area (Å²) in [4.78, 5) is 22.6. The highest BCUT2D eigenvalue weighted by molar-refractivity contribution is 6.00. The van der Waals surface area contributed by atoms with Crippen LogP contribution in [-0.4, -0.2) is 138 Å². The summed E-state index contributed by atoms with van der Waals surface area (Å²) in [5, 5.41) is 49.4. The number of hydrogen-bond acceptors (Lipinski definition) is 19. The minimum Gasteiger partial charge on any atom is -0.394 e. The Hall–Kier alpha value is -9.86. The third-order valence-electron chi connectivity index (χ3n) is 23.7. The van der Waals surface area contributed by atoms with Gasteiger partial charge in [-0.25, -0.2) is 14.8 Å². The van der Waals surface area contributed by atoms with Crippen LogP contribution in [0, 0.1) is 33.6 Å². The molecule has 664 valence electrons. The maximum Gasteiger partial charge on any atom is 0.179 e. The first-order valence-corrected chi connectivity index (χ1v) is 44.1. The number of ketones is 2. The standard InChI is InChI=1S/C42H48N2O4.C28H34N2O4.C20H28N2O5.C14H18O2/c1-5-32-22-24-33(25-23-32)26-37-30(3)43-44(31(37)4)42-41(47-29-36-20-14-9-15-21-36)40(46-28-35-18-12-8-13-19-35)39(38(6-2)48-42)45-27-34-16-10-7-11-17-34;1-2-24-25(31-18-21-12-6-3-7-13-21)26(32-19-22-14-8-4-9-15-22)27(28(30-29)34-24)33-20-23-16-10-5-11-17-23;1-4-13-5-7-14(8-6-13)9-15-11(2)21-22(12(15)3)20-19(26)18(25)17(24)16(10-23)27-20;1-4-12-5-7-13(8-6-12)9-14(10(2)15)11(3)16/h7-25,38-42H,5-6,26-29H2,1-4H3;3-17,24-28,30H,2,18-20,29H2,1H3;5-8,16-20,23-26H,4,9-10H2,1-3H3;5-8,14H,4,9H2,1-3H3/t38-,39-,40+,41-,42?;24-,25-,26+,27-,28?;16-,17-,18+,19-,20?;/m111./s1. The Morgan fingerprint density at radius 2 is 0.664 bits per heavy atom. The second-order valence-electron chi connectivity index (χ2n) is 32.5. The van der Waals surface area contributed by atoms with Gasteiger partial charge in [0.2, 0.25) is 0 Å². The maximum atomic E-state index is 11.3. The van der Waals surface area contributed by atoms with Crippen molar-refractivity contribution in [3.8, 4) is 0 Å². The van der Waals surface area contributed by atoms with Crippen molar-refractivity contribution in [3.63, 3.8) is 0 Å². The molecule has 0 radical (unpaired) electrons. The summed E-state index contributed by atoms with van der Waals surface area (Å²) < 4.78 is 62.3. The number of carbonyl (C=O) groups is 2. The van der Waals surface area contributed by atoms with Crippen molar-refractivity contribution >= 4 is 11.6 Å². The molecular formula is C104H128N6O15. The second-order valence-corrected chi connectivity index (χ2v) is 32.5.